The van der Waals surface area contributed by atoms with Gasteiger partial charge in [0.2, 0.25) is 5.91 Å². The zero-order valence-corrected chi connectivity index (χ0v) is 18.3. The van der Waals surface area contributed by atoms with Gasteiger partial charge in [-0.05, 0) is 48.7 Å². The first kappa shape index (κ1) is 21.8. The Bertz CT molecular complexity index is 1360. The van der Waals surface area contributed by atoms with Crippen LogP contribution in [0.4, 0.5) is 17.6 Å². The van der Waals surface area contributed by atoms with E-state index in [0.717, 1.165) is 16.3 Å². The van der Waals surface area contributed by atoms with Crippen molar-refractivity contribution in [1.82, 2.24) is 14.7 Å². The lowest BCUT2D eigenvalue weighted by atomic mass is 9.90. The molecule has 2 aliphatic heterocycles. The van der Waals surface area contributed by atoms with Gasteiger partial charge < -0.3 is 9.64 Å². The summed E-state index contributed by atoms with van der Waals surface area (Å²) < 4.78 is 59.9. The van der Waals surface area contributed by atoms with Gasteiger partial charge in [0.05, 0.1) is 23.2 Å². The van der Waals surface area contributed by atoms with Crippen LogP contribution < -0.4 is 0 Å². The molecule has 1 saturated carbocycles. The average molecular weight is 485 g/mol. The molecule has 3 heterocycles. The van der Waals surface area contributed by atoms with Gasteiger partial charge in [-0.15, -0.1) is 0 Å². The Hall–Kier alpha value is -3.69. The van der Waals surface area contributed by atoms with E-state index in [1.807, 2.05) is 0 Å². The summed E-state index contributed by atoms with van der Waals surface area (Å²) in [6, 6.07) is 11.9. The molecule has 1 amide bonds. The predicted octanol–water partition coefficient (Wildman–Crippen LogP) is 4.36. The average Bonchev–Trinajstić information content (AvgIpc) is 3.16. The minimum absolute atomic E-state index is 0.0822. The lowest BCUT2D eigenvalue weighted by molar-refractivity contribution is -0.141. The number of carbonyl (C=O) groups is 2. The van der Waals surface area contributed by atoms with Crippen LogP contribution in [0.15, 0.2) is 54.7 Å². The number of fused-ring (bicyclic) bond motifs is 2. The fourth-order valence-corrected chi connectivity index (χ4v) is 5.29. The molecule has 1 atom stereocenters. The Morgan fingerprint density at radius 1 is 1.03 bits per heavy atom. The molecule has 0 N–H and O–H groups in total. The molecule has 0 bridgehead atoms. The molecule has 1 spiro atoms. The number of halogens is 4. The molecule has 6 nitrogen and oxygen atoms in total. The maximum absolute atomic E-state index is 14.6. The summed E-state index contributed by atoms with van der Waals surface area (Å²) in [6.07, 6.45) is -1.73. The molecule has 180 valence electrons. The van der Waals surface area contributed by atoms with Crippen LogP contribution in [0.25, 0.3) is 5.69 Å². The maximum atomic E-state index is 14.6. The molecule has 3 aromatic rings. The van der Waals surface area contributed by atoms with Gasteiger partial charge in [0, 0.05) is 24.7 Å². The fourth-order valence-electron chi connectivity index (χ4n) is 5.29. The number of hydrogen-bond acceptors (Lipinski definition) is 4. The van der Waals surface area contributed by atoms with Crippen LogP contribution in [0.2, 0.25) is 0 Å². The van der Waals surface area contributed by atoms with E-state index in [9.17, 15) is 27.2 Å². The number of nitrogens with zero attached hydrogens (tertiary/aromatic N) is 3. The Labute approximate surface area is 197 Å². The summed E-state index contributed by atoms with van der Waals surface area (Å²) in [4.78, 5) is 27.5. The van der Waals surface area contributed by atoms with E-state index in [2.05, 4.69) is 5.10 Å². The van der Waals surface area contributed by atoms with E-state index in [-0.39, 0.29) is 23.6 Å². The highest BCUT2D eigenvalue weighted by atomic mass is 19.4. The SMILES string of the molecule is O=C1OC2(CCN(C(=O)C3(c4ccc(-n5ccc(C(F)(F)F)n5)cc4)CC3)C2)c2c(F)cccc21. The first-order valence-electron chi connectivity index (χ1n) is 11.2. The molecule has 2 fully saturated rings. The number of aromatic nitrogens is 2. The van der Waals surface area contributed by atoms with Crippen molar-refractivity contribution in [2.45, 2.75) is 36.5 Å². The number of rotatable bonds is 3. The van der Waals surface area contributed by atoms with Gasteiger partial charge >= 0.3 is 12.1 Å². The molecule has 3 aliphatic rings. The lowest BCUT2D eigenvalue weighted by Gasteiger charge is -2.27. The maximum Gasteiger partial charge on any atom is 0.435 e. The van der Waals surface area contributed by atoms with E-state index in [1.54, 1.807) is 29.2 Å². The van der Waals surface area contributed by atoms with E-state index in [4.69, 9.17) is 4.74 Å². The van der Waals surface area contributed by atoms with Crippen molar-refractivity contribution in [2.75, 3.05) is 13.1 Å². The molecule has 1 aliphatic carbocycles. The van der Waals surface area contributed by atoms with Crippen molar-refractivity contribution < 1.29 is 31.9 Å². The second-order valence-corrected chi connectivity index (χ2v) is 9.30. The summed E-state index contributed by atoms with van der Waals surface area (Å²) >= 11 is 0. The number of alkyl halides is 3. The highest BCUT2D eigenvalue weighted by Gasteiger charge is 2.58. The van der Waals surface area contributed by atoms with E-state index < -0.39 is 34.7 Å². The number of hydrogen-bond donors (Lipinski definition) is 0. The standard InChI is InChI=1S/C25H19F4N3O3/c26-18-3-1-2-17-20(18)24(35-21(17)33)11-13-31(14-24)22(34)23(9-10-23)15-4-6-16(7-5-15)32-12-8-19(30-32)25(27,28)29/h1-8,12H,9-11,13-14H2. The van der Waals surface area contributed by atoms with Gasteiger partial charge in [-0.2, -0.15) is 18.3 Å². The number of carbonyl (C=O) groups excluding carboxylic acids is 2. The number of likely N-dealkylation sites (tertiary alicyclic amines) is 1. The summed E-state index contributed by atoms with van der Waals surface area (Å²) in [5.41, 5.74) is -1.29. The molecule has 6 rings (SSSR count). The number of ether oxygens (including phenoxy) is 1. The Kier molecular flexibility index (Phi) is 4.46. The fraction of sp³-hybridized carbons (Fsp3) is 0.320. The van der Waals surface area contributed by atoms with Crippen LogP contribution >= 0.6 is 0 Å². The Morgan fingerprint density at radius 2 is 1.77 bits per heavy atom. The van der Waals surface area contributed by atoms with Crippen molar-refractivity contribution in [3.8, 4) is 5.69 Å². The van der Waals surface area contributed by atoms with Gasteiger partial charge in [-0.1, -0.05) is 18.2 Å². The van der Waals surface area contributed by atoms with Crippen molar-refractivity contribution in [3.63, 3.8) is 0 Å². The van der Waals surface area contributed by atoms with Gasteiger partial charge in [0.1, 0.15) is 5.82 Å². The van der Waals surface area contributed by atoms with Crippen LogP contribution in [0.5, 0.6) is 0 Å². The lowest BCUT2D eigenvalue weighted by Crippen LogP contribution is -2.40. The first-order chi connectivity index (χ1) is 16.6. The van der Waals surface area contributed by atoms with Crippen LogP contribution in [0.3, 0.4) is 0 Å². The zero-order valence-electron chi connectivity index (χ0n) is 18.3. The molecule has 1 saturated heterocycles. The largest absolute Gasteiger partial charge is 0.448 e. The van der Waals surface area contributed by atoms with Gasteiger partial charge in [-0.25, -0.2) is 13.9 Å². The number of amides is 1. The Balaban J connectivity index is 1.23. The topological polar surface area (TPSA) is 64.4 Å². The smallest absolute Gasteiger partial charge is 0.435 e. The van der Waals surface area contributed by atoms with Crippen LogP contribution in [0.1, 0.15) is 46.4 Å². The second kappa shape index (κ2) is 7.16. The first-order valence-corrected chi connectivity index (χ1v) is 11.2. The highest BCUT2D eigenvalue weighted by Crippen LogP contribution is 2.52. The minimum Gasteiger partial charge on any atom is -0.448 e. The molecule has 35 heavy (non-hydrogen) atoms. The summed E-state index contributed by atoms with van der Waals surface area (Å²) in [5, 5.41) is 3.57. The normalized spacial score (nSPS) is 22.4. The van der Waals surface area contributed by atoms with Crippen molar-refractivity contribution >= 4 is 11.9 Å². The molecular weight excluding hydrogens is 466 g/mol. The summed E-state index contributed by atoms with van der Waals surface area (Å²) in [7, 11) is 0. The van der Waals surface area contributed by atoms with Gasteiger partial charge in [0.25, 0.3) is 0 Å². The van der Waals surface area contributed by atoms with Crippen LogP contribution in [-0.4, -0.2) is 39.6 Å². The third-order valence-electron chi connectivity index (χ3n) is 7.22. The molecule has 0 radical (unpaired) electrons. The molecular formula is C25H19F4N3O3. The van der Waals surface area contributed by atoms with Crippen LogP contribution in [-0.2, 0) is 26.7 Å². The minimum atomic E-state index is -4.53. The molecule has 10 heteroatoms. The molecule has 1 unspecified atom stereocenters. The van der Waals surface area contributed by atoms with Crippen molar-refractivity contribution in [1.29, 1.82) is 0 Å². The van der Waals surface area contributed by atoms with Crippen molar-refractivity contribution in [2.24, 2.45) is 0 Å². The third kappa shape index (κ3) is 3.26. The van der Waals surface area contributed by atoms with Crippen molar-refractivity contribution in [3.05, 3.63) is 82.9 Å². The van der Waals surface area contributed by atoms with Crippen LogP contribution in [0, 0.1) is 5.82 Å². The van der Waals surface area contributed by atoms with Gasteiger partial charge in [0.15, 0.2) is 11.3 Å². The Morgan fingerprint density at radius 3 is 2.43 bits per heavy atom. The van der Waals surface area contributed by atoms with E-state index in [0.29, 0.717) is 31.5 Å². The quantitative estimate of drug-likeness (QED) is 0.409. The highest BCUT2D eigenvalue weighted by molar-refractivity contribution is 5.96. The van der Waals surface area contributed by atoms with Gasteiger partial charge in [-0.3, -0.25) is 4.79 Å². The molecule has 2 aromatic carbocycles. The predicted molar refractivity (Wildman–Crippen MR) is 114 cm³/mol. The van der Waals surface area contributed by atoms with E-state index >= 15 is 0 Å². The monoisotopic (exact) mass is 485 g/mol. The number of benzene rings is 2. The zero-order chi connectivity index (χ0) is 24.6. The summed E-state index contributed by atoms with van der Waals surface area (Å²) in [5.74, 6) is -1.23. The second-order valence-electron chi connectivity index (χ2n) is 9.30. The third-order valence-corrected chi connectivity index (χ3v) is 7.22. The van der Waals surface area contributed by atoms with E-state index in [1.165, 1.54) is 24.4 Å². The number of esters is 1. The molecule has 1 aromatic heterocycles. The summed E-state index contributed by atoms with van der Waals surface area (Å²) in [6.45, 7) is 0.409.